The third-order valence-corrected chi connectivity index (χ3v) is 4.82. The Morgan fingerprint density at radius 2 is 1.90 bits per heavy atom. The minimum absolute atomic E-state index is 0.0680. The first-order valence-electron chi connectivity index (χ1n) is 9.99. The molecule has 0 spiro atoms. The van der Waals surface area contributed by atoms with Gasteiger partial charge in [0.25, 0.3) is 5.89 Å². The Kier molecular flexibility index (Phi) is 6.82. The van der Waals surface area contributed by atoms with Crippen LogP contribution in [-0.4, -0.2) is 33.6 Å². The van der Waals surface area contributed by atoms with Crippen LogP contribution in [0.5, 0.6) is 0 Å². The molecule has 29 heavy (non-hydrogen) atoms. The maximum absolute atomic E-state index is 12.8. The van der Waals surface area contributed by atoms with Crippen molar-refractivity contribution in [1.82, 2.24) is 15.1 Å². The van der Waals surface area contributed by atoms with Crippen molar-refractivity contribution in [3.8, 4) is 11.7 Å². The Hall–Kier alpha value is -2.93. The van der Waals surface area contributed by atoms with Crippen LogP contribution in [0.2, 0.25) is 0 Å². The molecule has 0 saturated heterocycles. The topological polar surface area (TPSA) is 84.4 Å². The third kappa shape index (κ3) is 5.32. The highest BCUT2D eigenvalue weighted by molar-refractivity contribution is 5.94. The minimum atomic E-state index is -0.348. The van der Waals surface area contributed by atoms with Gasteiger partial charge in [-0.3, -0.25) is 9.69 Å². The van der Waals surface area contributed by atoms with Gasteiger partial charge in [0, 0.05) is 5.69 Å². The molecule has 1 N–H and O–H groups in total. The summed E-state index contributed by atoms with van der Waals surface area (Å²) in [5.41, 5.74) is 2.04. The predicted octanol–water partition coefficient (Wildman–Crippen LogP) is 4.69. The average Bonchev–Trinajstić information content (AvgIpc) is 3.39. The number of furan rings is 1. The van der Waals surface area contributed by atoms with E-state index in [9.17, 15) is 4.79 Å². The number of anilines is 1. The Bertz CT molecular complexity index is 901. The number of carbonyl (C=O) groups excluding carboxylic acids is 1. The van der Waals surface area contributed by atoms with E-state index in [1.54, 1.807) is 18.4 Å². The first-order valence-corrected chi connectivity index (χ1v) is 9.99. The molecule has 154 valence electrons. The van der Waals surface area contributed by atoms with E-state index in [0.717, 1.165) is 18.7 Å². The van der Waals surface area contributed by atoms with E-state index in [-0.39, 0.29) is 11.9 Å². The van der Waals surface area contributed by atoms with Gasteiger partial charge in [0.05, 0.1) is 18.8 Å². The Morgan fingerprint density at radius 3 is 2.52 bits per heavy atom. The molecule has 1 aromatic carbocycles. The van der Waals surface area contributed by atoms with Gasteiger partial charge in [-0.25, -0.2) is 0 Å². The summed E-state index contributed by atoms with van der Waals surface area (Å²) in [4.78, 5) is 14.8. The van der Waals surface area contributed by atoms with Crippen LogP contribution < -0.4 is 5.32 Å². The Labute approximate surface area is 171 Å². The third-order valence-electron chi connectivity index (χ3n) is 4.82. The fourth-order valence-corrected chi connectivity index (χ4v) is 3.05. The van der Waals surface area contributed by atoms with E-state index in [0.29, 0.717) is 30.0 Å². The lowest BCUT2D eigenvalue weighted by Gasteiger charge is -2.26. The van der Waals surface area contributed by atoms with Gasteiger partial charge in [0.2, 0.25) is 11.8 Å². The molecule has 3 rings (SSSR count). The lowest BCUT2D eigenvalue weighted by Crippen LogP contribution is -2.42. The SMILES string of the molecule is CCCN(Cc1nnc(-c2ccco2)o1)[C@H](C)C(=O)Nc1ccc(C(C)C)cc1. The molecule has 1 atom stereocenters. The maximum Gasteiger partial charge on any atom is 0.283 e. The lowest BCUT2D eigenvalue weighted by molar-refractivity contribution is -0.121. The molecular weight excluding hydrogens is 368 g/mol. The van der Waals surface area contributed by atoms with Crippen LogP contribution in [0.15, 0.2) is 51.5 Å². The normalized spacial score (nSPS) is 12.5. The zero-order valence-corrected chi connectivity index (χ0v) is 17.4. The highest BCUT2D eigenvalue weighted by atomic mass is 16.4. The van der Waals surface area contributed by atoms with Gasteiger partial charge in [-0.15, -0.1) is 10.2 Å². The molecule has 1 amide bonds. The van der Waals surface area contributed by atoms with Gasteiger partial charge >= 0.3 is 0 Å². The molecule has 3 aromatic rings. The molecule has 0 saturated carbocycles. The molecule has 7 nitrogen and oxygen atoms in total. The average molecular weight is 396 g/mol. The highest BCUT2D eigenvalue weighted by Crippen LogP contribution is 2.20. The minimum Gasteiger partial charge on any atom is -0.459 e. The molecule has 2 aromatic heterocycles. The van der Waals surface area contributed by atoms with Gasteiger partial charge in [0.1, 0.15) is 0 Å². The Balaban J connectivity index is 1.65. The number of rotatable bonds is 9. The van der Waals surface area contributed by atoms with E-state index in [2.05, 4.69) is 36.3 Å². The number of aromatic nitrogens is 2. The number of hydrogen-bond donors (Lipinski definition) is 1. The van der Waals surface area contributed by atoms with Crippen molar-refractivity contribution in [1.29, 1.82) is 0 Å². The van der Waals surface area contributed by atoms with Crippen molar-refractivity contribution in [2.45, 2.75) is 52.6 Å². The van der Waals surface area contributed by atoms with Crippen LogP contribution in [0.25, 0.3) is 11.7 Å². The molecule has 0 aliphatic rings. The fourth-order valence-electron chi connectivity index (χ4n) is 3.05. The van der Waals surface area contributed by atoms with E-state index >= 15 is 0 Å². The predicted molar refractivity (Wildman–Crippen MR) is 111 cm³/mol. The largest absolute Gasteiger partial charge is 0.459 e. The van der Waals surface area contributed by atoms with Gasteiger partial charge in [-0.1, -0.05) is 32.9 Å². The second kappa shape index (κ2) is 9.52. The number of amides is 1. The summed E-state index contributed by atoms with van der Waals surface area (Å²) in [6.07, 6.45) is 2.46. The highest BCUT2D eigenvalue weighted by Gasteiger charge is 2.23. The van der Waals surface area contributed by atoms with Crippen molar-refractivity contribution in [3.63, 3.8) is 0 Å². The smallest absolute Gasteiger partial charge is 0.283 e. The summed E-state index contributed by atoms with van der Waals surface area (Å²) < 4.78 is 11.0. The van der Waals surface area contributed by atoms with Crippen molar-refractivity contribution < 1.29 is 13.6 Å². The van der Waals surface area contributed by atoms with Crippen LogP contribution >= 0.6 is 0 Å². The molecule has 0 bridgehead atoms. The van der Waals surface area contributed by atoms with E-state index < -0.39 is 0 Å². The summed E-state index contributed by atoms with van der Waals surface area (Å²) in [6.45, 7) is 9.38. The first-order chi connectivity index (χ1) is 14.0. The molecule has 0 unspecified atom stereocenters. The van der Waals surface area contributed by atoms with E-state index in [1.165, 1.54) is 5.56 Å². The second-order valence-electron chi connectivity index (χ2n) is 7.39. The second-order valence-corrected chi connectivity index (χ2v) is 7.39. The summed E-state index contributed by atoms with van der Waals surface area (Å²) in [5.74, 6) is 1.71. The van der Waals surface area contributed by atoms with Gasteiger partial charge in [0.15, 0.2) is 5.76 Å². The van der Waals surface area contributed by atoms with E-state index in [4.69, 9.17) is 8.83 Å². The van der Waals surface area contributed by atoms with Crippen LogP contribution in [0.3, 0.4) is 0 Å². The van der Waals surface area contributed by atoms with Crippen molar-refractivity contribution in [2.24, 2.45) is 0 Å². The quantitative estimate of drug-likeness (QED) is 0.565. The summed E-state index contributed by atoms with van der Waals surface area (Å²) >= 11 is 0. The molecule has 0 aliphatic heterocycles. The molecule has 0 fully saturated rings. The van der Waals surface area contributed by atoms with E-state index in [1.807, 2.05) is 36.1 Å². The number of nitrogens with one attached hydrogen (secondary N) is 1. The fraction of sp³-hybridized carbons (Fsp3) is 0.409. The summed E-state index contributed by atoms with van der Waals surface area (Å²) in [7, 11) is 0. The zero-order valence-electron chi connectivity index (χ0n) is 17.4. The van der Waals surface area contributed by atoms with Crippen LogP contribution in [0, 0.1) is 0 Å². The molecule has 0 aliphatic carbocycles. The monoisotopic (exact) mass is 396 g/mol. The van der Waals surface area contributed by atoms with Crippen LogP contribution in [-0.2, 0) is 11.3 Å². The summed E-state index contributed by atoms with van der Waals surface area (Å²) in [5, 5.41) is 11.1. The van der Waals surface area contributed by atoms with Crippen LogP contribution in [0.1, 0.15) is 51.5 Å². The number of nitrogens with zero attached hydrogens (tertiary/aromatic N) is 3. The zero-order chi connectivity index (χ0) is 20.8. The Morgan fingerprint density at radius 1 is 1.14 bits per heavy atom. The van der Waals surface area contributed by atoms with Crippen molar-refractivity contribution in [2.75, 3.05) is 11.9 Å². The maximum atomic E-state index is 12.8. The lowest BCUT2D eigenvalue weighted by atomic mass is 10.0. The molecular formula is C22H28N4O3. The van der Waals surface area contributed by atoms with Crippen LogP contribution in [0.4, 0.5) is 5.69 Å². The molecule has 7 heteroatoms. The number of hydrogen-bond acceptors (Lipinski definition) is 6. The summed E-state index contributed by atoms with van der Waals surface area (Å²) in [6, 6.07) is 11.2. The number of carbonyl (C=O) groups is 1. The van der Waals surface area contributed by atoms with Crippen molar-refractivity contribution >= 4 is 11.6 Å². The number of benzene rings is 1. The van der Waals surface area contributed by atoms with Gasteiger partial charge < -0.3 is 14.2 Å². The first kappa shape index (κ1) is 20.8. The molecule has 2 heterocycles. The molecule has 0 radical (unpaired) electrons. The van der Waals surface area contributed by atoms with Gasteiger partial charge in [-0.05, 0) is 55.6 Å². The standard InChI is InChI=1S/C22H28N4O3/c1-5-12-26(14-20-24-25-22(29-20)19-7-6-13-28-19)16(4)21(27)23-18-10-8-17(9-11-18)15(2)3/h6-11,13,15-16H,5,12,14H2,1-4H3,(H,23,27)/t16-/m1/s1. The van der Waals surface area contributed by atoms with Crippen molar-refractivity contribution in [3.05, 3.63) is 54.1 Å². The van der Waals surface area contributed by atoms with Gasteiger partial charge in [-0.2, -0.15) is 0 Å².